The summed E-state index contributed by atoms with van der Waals surface area (Å²) < 4.78 is 28.8. The Morgan fingerprint density at radius 1 is 1.06 bits per heavy atom. The average molecular weight is 504 g/mol. The topological polar surface area (TPSA) is 75.4 Å². The van der Waals surface area contributed by atoms with E-state index in [1.165, 1.54) is 30.3 Å². The lowest BCUT2D eigenvalue weighted by Crippen LogP contribution is -2.03. The summed E-state index contributed by atoms with van der Waals surface area (Å²) >= 11 is 6.24. The molecule has 3 aromatic carbocycles. The number of nitrogens with zero attached hydrogens (tertiary/aromatic N) is 3. The van der Waals surface area contributed by atoms with Crippen molar-refractivity contribution in [3.63, 3.8) is 0 Å². The van der Waals surface area contributed by atoms with Crippen LogP contribution >= 0.6 is 11.6 Å². The highest BCUT2D eigenvalue weighted by atomic mass is 35.5. The molecular weight excluding hydrogens is 484 g/mol. The van der Waals surface area contributed by atoms with Gasteiger partial charge in [0, 0.05) is 47.6 Å². The van der Waals surface area contributed by atoms with E-state index in [9.17, 15) is 13.6 Å². The molecule has 0 aliphatic heterocycles. The molecule has 1 N–H and O–H groups in total. The van der Waals surface area contributed by atoms with Crippen molar-refractivity contribution in [3.8, 4) is 11.3 Å². The molecule has 0 radical (unpaired) electrons. The van der Waals surface area contributed by atoms with Crippen LogP contribution in [0.5, 0.6) is 0 Å². The van der Waals surface area contributed by atoms with Gasteiger partial charge >= 0.3 is 5.97 Å². The van der Waals surface area contributed by atoms with E-state index in [4.69, 9.17) is 16.7 Å². The lowest BCUT2D eigenvalue weighted by Gasteiger charge is -2.13. The van der Waals surface area contributed by atoms with Crippen LogP contribution in [0.1, 0.15) is 38.4 Å². The van der Waals surface area contributed by atoms with E-state index in [1.807, 2.05) is 0 Å². The van der Waals surface area contributed by atoms with E-state index >= 15 is 0 Å². The SMILES string of the molecule is CN=Cc1cnc(/C=C\c2ccc(C(=O)O)cc2)nc1-c1ccc(Cl)cc1Cc1c(F)cccc1F. The van der Waals surface area contributed by atoms with Gasteiger partial charge in [-0.05, 0) is 53.6 Å². The van der Waals surface area contributed by atoms with E-state index in [-0.39, 0.29) is 17.5 Å². The van der Waals surface area contributed by atoms with E-state index in [0.29, 0.717) is 33.2 Å². The first-order valence-electron chi connectivity index (χ1n) is 10.9. The standard InChI is InChI=1S/C28H20ClF2N3O2/c1-32-15-20-16-33-26(12-7-17-5-8-18(9-6-17)28(35)36)34-27(20)22-11-10-21(29)13-19(22)14-23-24(30)3-2-4-25(23)31/h2-13,15-16H,14H2,1H3,(H,35,36)/b12-7-,32-15?. The maximum atomic E-state index is 14.4. The normalized spacial score (nSPS) is 11.4. The third kappa shape index (κ3) is 5.70. The number of benzene rings is 3. The Balaban J connectivity index is 1.76. The summed E-state index contributed by atoms with van der Waals surface area (Å²) in [5, 5.41) is 9.48. The van der Waals surface area contributed by atoms with Crippen LogP contribution in [0.2, 0.25) is 5.02 Å². The molecule has 1 aromatic heterocycles. The van der Waals surface area contributed by atoms with Crippen molar-refractivity contribution in [3.05, 3.63) is 117 Å². The molecule has 0 aliphatic carbocycles. The minimum atomic E-state index is -0.999. The number of rotatable bonds is 7. The number of carboxylic acids is 1. The maximum absolute atomic E-state index is 14.4. The minimum Gasteiger partial charge on any atom is -0.478 e. The molecule has 1 heterocycles. The summed E-state index contributed by atoms with van der Waals surface area (Å²) in [6.07, 6.45) is 6.65. The zero-order chi connectivity index (χ0) is 25.7. The van der Waals surface area contributed by atoms with E-state index in [0.717, 1.165) is 5.56 Å². The van der Waals surface area contributed by atoms with Crippen molar-refractivity contribution in [2.45, 2.75) is 6.42 Å². The molecule has 0 aliphatic rings. The quantitative estimate of drug-likeness (QED) is 0.289. The van der Waals surface area contributed by atoms with Gasteiger partial charge < -0.3 is 5.11 Å². The fraction of sp³-hybridized carbons (Fsp3) is 0.0714. The van der Waals surface area contributed by atoms with Gasteiger partial charge in [-0.2, -0.15) is 0 Å². The summed E-state index contributed by atoms with van der Waals surface area (Å²) in [6.45, 7) is 0. The van der Waals surface area contributed by atoms with Crippen molar-refractivity contribution in [1.82, 2.24) is 9.97 Å². The summed E-state index contributed by atoms with van der Waals surface area (Å²) in [5.74, 6) is -1.90. The Morgan fingerprint density at radius 3 is 2.44 bits per heavy atom. The third-order valence-electron chi connectivity index (χ3n) is 5.44. The molecule has 0 unspecified atom stereocenters. The molecule has 36 heavy (non-hydrogen) atoms. The predicted molar refractivity (Wildman–Crippen MR) is 137 cm³/mol. The molecule has 0 spiro atoms. The number of halogens is 3. The highest BCUT2D eigenvalue weighted by Gasteiger charge is 2.16. The van der Waals surface area contributed by atoms with Gasteiger partial charge in [0.25, 0.3) is 0 Å². The van der Waals surface area contributed by atoms with Crippen molar-refractivity contribution in [2.24, 2.45) is 4.99 Å². The summed E-state index contributed by atoms with van der Waals surface area (Å²) in [5.41, 5.74) is 3.28. The molecule has 0 saturated carbocycles. The van der Waals surface area contributed by atoms with Crippen molar-refractivity contribution in [2.75, 3.05) is 7.05 Å². The van der Waals surface area contributed by atoms with Crippen LogP contribution in [0.25, 0.3) is 23.4 Å². The molecule has 0 fully saturated rings. The van der Waals surface area contributed by atoms with Crippen LogP contribution in [0.4, 0.5) is 8.78 Å². The first-order valence-corrected chi connectivity index (χ1v) is 11.3. The molecular formula is C28H20ClF2N3O2. The fourth-order valence-electron chi connectivity index (χ4n) is 3.67. The molecule has 0 bridgehead atoms. The largest absolute Gasteiger partial charge is 0.478 e. The highest BCUT2D eigenvalue weighted by molar-refractivity contribution is 6.30. The van der Waals surface area contributed by atoms with Gasteiger partial charge in [-0.3, -0.25) is 4.99 Å². The Morgan fingerprint density at radius 2 is 1.78 bits per heavy atom. The Hall–Kier alpha value is -4.23. The van der Waals surface area contributed by atoms with Crippen molar-refractivity contribution < 1.29 is 18.7 Å². The molecule has 8 heteroatoms. The summed E-state index contributed by atoms with van der Waals surface area (Å²) in [4.78, 5) is 24.2. The molecule has 0 atom stereocenters. The number of hydrogen-bond donors (Lipinski definition) is 1. The number of carboxylic acid groups (broad SMARTS) is 1. The zero-order valence-electron chi connectivity index (χ0n) is 19.1. The minimum absolute atomic E-state index is 0.0256. The van der Waals surface area contributed by atoms with Crippen LogP contribution in [0.15, 0.2) is 71.9 Å². The lowest BCUT2D eigenvalue weighted by atomic mass is 9.95. The van der Waals surface area contributed by atoms with Crippen LogP contribution in [-0.2, 0) is 6.42 Å². The smallest absolute Gasteiger partial charge is 0.335 e. The maximum Gasteiger partial charge on any atom is 0.335 e. The van der Waals surface area contributed by atoms with Gasteiger partial charge in [-0.15, -0.1) is 0 Å². The lowest BCUT2D eigenvalue weighted by molar-refractivity contribution is 0.0697. The van der Waals surface area contributed by atoms with Gasteiger partial charge in [0.1, 0.15) is 11.6 Å². The number of aromatic nitrogens is 2. The second kappa shape index (κ2) is 11.0. The average Bonchev–Trinajstić information content (AvgIpc) is 2.86. The fourth-order valence-corrected chi connectivity index (χ4v) is 3.87. The predicted octanol–water partition coefficient (Wildman–Crippen LogP) is 6.58. The Bertz CT molecular complexity index is 1460. The number of aliphatic imine (C=N–C) groups is 1. The van der Waals surface area contributed by atoms with Crippen molar-refractivity contribution in [1.29, 1.82) is 0 Å². The zero-order valence-corrected chi connectivity index (χ0v) is 19.9. The molecule has 0 saturated heterocycles. The van der Waals surface area contributed by atoms with Crippen molar-refractivity contribution >= 4 is 35.9 Å². The number of carbonyl (C=O) groups is 1. The summed E-state index contributed by atoms with van der Waals surface area (Å²) in [6, 6.07) is 15.2. The van der Waals surface area contributed by atoms with Gasteiger partial charge in [0.05, 0.1) is 11.3 Å². The van der Waals surface area contributed by atoms with Crippen LogP contribution < -0.4 is 0 Å². The van der Waals surface area contributed by atoms with E-state index < -0.39 is 17.6 Å². The molecule has 4 rings (SSSR count). The van der Waals surface area contributed by atoms with E-state index in [1.54, 1.807) is 61.9 Å². The number of aromatic carboxylic acids is 1. The molecule has 5 nitrogen and oxygen atoms in total. The van der Waals surface area contributed by atoms with Gasteiger partial charge in [-0.1, -0.05) is 41.9 Å². The van der Waals surface area contributed by atoms with Gasteiger partial charge in [-0.25, -0.2) is 23.5 Å². The molecule has 180 valence electrons. The first-order chi connectivity index (χ1) is 17.4. The Kier molecular flexibility index (Phi) is 7.61. The summed E-state index contributed by atoms with van der Waals surface area (Å²) in [7, 11) is 1.62. The van der Waals surface area contributed by atoms with Gasteiger partial charge in [0.2, 0.25) is 0 Å². The van der Waals surface area contributed by atoms with Crippen LogP contribution in [0.3, 0.4) is 0 Å². The number of hydrogen-bond acceptors (Lipinski definition) is 4. The van der Waals surface area contributed by atoms with Gasteiger partial charge in [0.15, 0.2) is 5.82 Å². The highest BCUT2D eigenvalue weighted by Crippen LogP contribution is 2.30. The third-order valence-corrected chi connectivity index (χ3v) is 5.67. The first kappa shape index (κ1) is 24.9. The Labute approximate surface area is 211 Å². The monoisotopic (exact) mass is 503 g/mol. The second-order valence-corrected chi connectivity index (χ2v) is 8.29. The second-order valence-electron chi connectivity index (χ2n) is 7.86. The molecule has 4 aromatic rings. The van der Waals surface area contributed by atoms with E-state index in [2.05, 4.69) is 15.0 Å². The molecule has 0 amide bonds. The van der Waals surface area contributed by atoms with Crippen LogP contribution in [-0.4, -0.2) is 34.3 Å². The van der Waals surface area contributed by atoms with Crippen LogP contribution in [0, 0.1) is 11.6 Å².